The average Bonchev–Trinajstić information content (AvgIpc) is 2.90. The smallest absolute Gasteiger partial charge is 0.266 e. The lowest BCUT2D eigenvalue weighted by Gasteiger charge is -1.95. The van der Waals surface area contributed by atoms with Crippen molar-refractivity contribution in [3.63, 3.8) is 0 Å². The fourth-order valence-corrected chi connectivity index (χ4v) is 2.87. The van der Waals surface area contributed by atoms with Gasteiger partial charge in [0.25, 0.3) is 5.56 Å². The van der Waals surface area contributed by atoms with Gasteiger partial charge in [-0.15, -0.1) is 11.3 Å². The first-order valence-corrected chi connectivity index (χ1v) is 7.60. The normalized spacial score (nSPS) is 12.5. The lowest BCUT2D eigenvalue weighted by molar-refractivity contribution is 0.106. The summed E-state index contributed by atoms with van der Waals surface area (Å²) >= 11 is 1.16. The topological polar surface area (TPSA) is 83.0 Å². The average molecular weight is 324 g/mol. The predicted molar refractivity (Wildman–Crippen MR) is 88.9 cm³/mol. The second-order valence-electron chi connectivity index (χ2n) is 4.73. The number of phenolic OH excluding ortho intramolecular Hbond substituents is 1. The van der Waals surface area contributed by atoms with Gasteiger partial charge in [-0.25, -0.2) is 0 Å². The maximum Gasteiger partial charge on any atom is 0.266 e. The molecule has 0 bridgehead atoms. The summed E-state index contributed by atoms with van der Waals surface area (Å²) in [6, 6.07) is 9.96. The Bertz CT molecular complexity index is 1020. The number of benzene rings is 1. The van der Waals surface area contributed by atoms with E-state index >= 15 is 0 Å². The van der Waals surface area contributed by atoms with Crippen molar-refractivity contribution in [2.24, 2.45) is 0 Å². The molecule has 1 aromatic carbocycles. The number of aromatic hydroxyl groups is 1. The molecule has 3 rings (SSSR count). The number of pyridine rings is 1. The van der Waals surface area contributed by atoms with E-state index in [0.717, 1.165) is 11.3 Å². The quantitative estimate of drug-likeness (QED) is 0.705. The summed E-state index contributed by atoms with van der Waals surface area (Å²) in [5.74, 6) is -0.113. The third kappa shape index (κ3) is 3.44. The molecule has 0 radical (unpaired) electrons. The van der Waals surface area contributed by atoms with E-state index in [0.29, 0.717) is 20.3 Å². The molecule has 6 heteroatoms. The molecule has 0 atom stereocenters. The van der Waals surface area contributed by atoms with Crippen molar-refractivity contribution < 1.29 is 9.90 Å². The van der Waals surface area contributed by atoms with Gasteiger partial charge in [-0.05, 0) is 24.3 Å². The van der Waals surface area contributed by atoms with Crippen LogP contribution in [0.15, 0.2) is 53.6 Å². The number of H-pyrrole nitrogens is 1. The second kappa shape index (κ2) is 6.41. The van der Waals surface area contributed by atoms with E-state index in [-0.39, 0.29) is 17.1 Å². The molecular formula is C17H12N2O3S. The molecule has 0 aliphatic heterocycles. The van der Waals surface area contributed by atoms with Crippen LogP contribution in [0.25, 0.3) is 12.2 Å². The number of nitrogens with zero attached hydrogens (tertiary/aromatic N) is 1. The standard InChI is InChI=1S/C17H12N2O3S/c20-13-4-2-1-3-12(13)9-15-17(22)19-16(23-15)10-14(21)11-5-7-18-8-6-11/h1-10,20H,(H,19,22)/b15-9-,16-10-. The van der Waals surface area contributed by atoms with Crippen molar-refractivity contribution in [3.05, 3.63) is 79.5 Å². The van der Waals surface area contributed by atoms with Crippen LogP contribution in [-0.2, 0) is 0 Å². The van der Waals surface area contributed by atoms with Crippen LogP contribution in [0.3, 0.4) is 0 Å². The molecule has 2 N–H and O–H groups in total. The SMILES string of the molecule is O=C(/C=c1/[nH]c(=O)/c(=C/c2ccccc2O)s1)c1ccncc1. The molecule has 0 saturated carbocycles. The highest BCUT2D eigenvalue weighted by atomic mass is 32.1. The van der Waals surface area contributed by atoms with E-state index in [1.165, 1.54) is 18.5 Å². The van der Waals surface area contributed by atoms with Crippen molar-refractivity contribution in [3.8, 4) is 5.75 Å². The van der Waals surface area contributed by atoms with Crippen LogP contribution < -0.4 is 14.8 Å². The van der Waals surface area contributed by atoms with Crippen molar-refractivity contribution >= 4 is 29.3 Å². The lowest BCUT2D eigenvalue weighted by Crippen LogP contribution is -2.20. The molecule has 5 nitrogen and oxygen atoms in total. The largest absolute Gasteiger partial charge is 0.507 e. The monoisotopic (exact) mass is 324 g/mol. The highest BCUT2D eigenvalue weighted by Gasteiger charge is 2.03. The Labute approximate surface area is 134 Å². The van der Waals surface area contributed by atoms with Crippen LogP contribution in [0, 0.1) is 0 Å². The van der Waals surface area contributed by atoms with Gasteiger partial charge in [-0.1, -0.05) is 18.2 Å². The van der Waals surface area contributed by atoms with Crippen LogP contribution in [0.1, 0.15) is 15.9 Å². The minimum Gasteiger partial charge on any atom is -0.507 e. The number of ketones is 1. The fraction of sp³-hybridized carbons (Fsp3) is 0. The molecule has 0 aliphatic rings. The molecule has 3 aromatic rings. The van der Waals surface area contributed by atoms with E-state index in [2.05, 4.69) is 9.97 Å². The molecule has 0 fully saturated rings. The molecule has 0 saturated heterocycles. The zero-order chi connectivity index (χ0) is 16.2. The molecular weight excluding hydrogens is 312 g/mol. The van der Waals surface area contributed by atoms with Gasteiger partial charge in [0.15, 0.2) is 5.78 Å². The van der Waals surface area contributed by atoms with Gasteiger partial charge in [-0.3, -0.25) is 14.6 Å². The maximum atomic E-state index is 12.1. The Morgan fingerprint density at radius 3 is 2.65 bits per heavy atom. The van der Waals surface area contributed by atoms with Gasteiger partial charge < -0.3 is 10.1 Å². The highest BCUT2D eigenvalue weighted by molar-refractivity contribution is 7.07. The number of para-hydroxylation sites is 1. The van der Waals surface area contributed by atoms with Crippen LogP contribution in [0.2, 0.25) is 0 Å². The molecule has 0 unspecified atom stereocenters. The summed E-state index contributed by atoms with van der Waals surface area (Å²) in [7, 11) is 0. The summed E-state index contributed by atoms with van der Waals surface area (Å²) < 4.78 is 0.874. The zero-order valence-electron chi connectivity index (χ0n) is 11.9. The van der Waals surface area contributed by atoms with Crippen molar-refractivity contribution in [2.75, 3.05) is 0 Å². The molecule has 0 amide bonds. The maximum absolute atomic E-state index is 12.1. The number of nitrogens with one attached hydrogen (secondary N) is 1. The van der Waals surface area contributed by atoms with E-state index in [9.17, 15) is 14.7 Å². The fourth-order valence-electron chi connectivity index (χ4n) is 1.99. The first-order chi connectivity index (χ1) is 11.1. The van der Waals surface area contributed by atoms with Crippen LogP contribution in [0.5, 0.6) is 5.75 Å². The molecule has 2 heterocycles. The van der Waals surface area contributed by atoms with Crippen molar-refractivity contribution in [1.29, 1.82) is 0 Å². The van der Waals surface area contributed by atoms with Crippen molar-refractivity contribution in [2.45, 2.75) is 0 Å². The van der Waals surface area contributed by atoms with Gasteiger partial charge in [0.05, 0.1) is 9.20 Å². The van der Waals surface area contributed by atoms with Gasteiger partial charge in [0.1, 0.15) is 5.75 Å². The second-order valence-corrected chi connectivity index (χ2v) is 5.82. The number of rotatable bonds is 3. The van der Waals surface area contributed by atoms with Gasteiger partial charge >= 0.3 is 0 Å². The van der Waals surface area contributed by atoms with E-state index in [1.54, 1.807) is 42.5 Å². The highest BCUT2D eigenvalue weighted by Crippen LogP contribution is 2.15. The first kappa shape index (κ1) is 14.9. The van der Waals surface area contributed by atoms with E-state index < -0.39 is 0 Å². The van der Waals surface area contributed by atoms with Gasteiger partial charge in [0, 0.05) is 29.6 Å². The molecule has 114 valence electrons. The summed E-state index contributed by atoms with van der Waals surface area (Å²) in [6.45, 7) is 0. The number of aromatic nitrogens is 2. The number of Topliss-reactive ketones (excluding diaryl/α,β-unsaturated/α-hetero) is 1. The van der Waals surface area contributed by atoms with Crippen LogP contribution >= 0.6 is 11.3 Å². The Kier molecular flexibility index (Phi) is 4.16. The predicted octanol–water partition coefficient (Wildman–Crippen LogP) is 1.03. The summed E-state index contributed by atoms with van der Waals surface area (Å²) in [4.78, 5) is 30.6. The molecule has 0 spiro atoms. The molecule has 0 aliphatic carbocycles. The number of hydrogen-bond donors (Lipinski definition) is 2. The number of hydrogen-bond acceptors (Lipinski definition) is 5. The summed E-state index contributed by atoms with van der Waals surface area (Å²) in [6.07, 6.45) is 6.04. The van der Waals surface area contributed by atoms with Crippen molar-refractivity contribution in [1.82, 2.24) is 9.97 Å². The molecule has 23 heavy (non-hydrogen) atoms. The van der Waals surface area contributed by atoms with E-state index in [4.69, 9.17) is 0 Å². The number of carbonyl (C=O) groups excluding carboxylic acids is 1. The van der Waals surface area contributed by atoms with Crippen LogP contribution in [-0.4, -0.2) is 20.9 Å². The van der Waals surface area contributed by atoms with E-state index in [1.807, 2.05) is 0 Å². The third-order valence-corrected chi connectivity index (χ3v) is 4.09. The minimum absolute atomic E-state index is 0.0960. The minimum atomic E-state index is -0.299. The van der Waals surface area contributed by atoms with Gasteiger partial charge in [-0.2, -0.15) is 0 Å². The zero-order valence-corrected chi connectivity index (χ0v) is 12.7. The number of thiazole rings is 1. The van der Waals surface area contributed by atoms with Gasteiger partial charge in [0.2, 0.25) is 0 Å². The third-order valence-electron chi connectivity index (χ3n) is 3.13. The number of phenols is 1. The summed E-state index contributed by atoms with van der Waals surface area (Å²) in [5.41, 5.74) is 0.749. The Morgan fingerprint density at radius 1 is 1.17 bits per heavy atom. The Balaban J connectivity index is 2.02. The first-order valence-electron chi connectivity index (χ1n) is 6.78. The number of aromatic amines is 1. The Hall–Kier alpha value is -2.99. The summed E-state index contributed by atoms with van der Waals surface area (Å²) in [5, 5.41) is 9.76. The molecule has 2 aromatic heterocycles. The van der Waals surface area contributed by atoms with Crippen LogP contribution in [0.4, 0.5) is 0 Å². The lowest BCUT2D eigenvalue weighted by atomic mass is 10.2. The number of carbonyl (C=O) groups is 1. The Morgan fingerprint density at radius 2 is 1.91 bits per heavy atom.